The molecule has 2 atom stereocenters. The fourth-order valence-electron chi connectivity index (χ4n) is 0.769. The van der Waals surface area contributed by atoms with E-state index in [2.05, 4.69) is 31.5 Å². The van der Waals surface area contributed by atoms with Crippen LogP contribution in [0, 0.1) is 23.2 Å². The first kappa shape index (κ1) is 11.6. The summed E-state index contributed by atoms with van der Waals surface area (Å²) in [5.74, 6) is 0.937. The minimum atomic E-state index is 0.232. The van der Waals surface area contributed by atoms with Gasteiger partial charge in [0.25, 0.3) is 0 Å². The molecule has 0 rings (SSSR count). The summed E-state index contributed by atoms with van der Waals surface area (Å²) in [4.78, 5) is 3.85. The first-order valence-corrected chi connectivity index (χ1v) is 4.38. The van der Waals surface area contributed by atoms with Gasteiger partial charge in [0.2, 0.25) is 0 Å². The summed E-state index contributed by atoms with van der Waals surface area (Å²) in [6.07, 6.45) is 7.53. The zero-order valence-corrected chi connectivity index (χ0v) is 8.27. The van der Waals surface area contributed by atoms with E-state index < -0.39 is 0 Å². The van der Waals surface area contributed by atoms with Crippen LogP contribution < -0.4 is 0 Å². The molecule has 0 aromatic heterocycles. The Hall–Kier alpha value is -1.36. The molecule has 0 aromatic carbocycles. The first-order valence-electron chi connectivity index (χ1n) is 4.38. The van der Waals surface area contributed by atoms with E-state index in [1.165, 1.54) is 0 Å². The highest BCUT2D eigenvalue weighted by molar-refractivity contribution is 5.71. The number of hydrogen-bond acceptors (Lipinski definition) is 2. The van der Waals surface area contributed by atoms with Crippen molar-refractivity contribution in [3.63, 3.8) is 0 Å². The van der Waals surface area contributed by atoms with Gasteiger partial charge in [-0.1, -0.05) is 26.0 Å². The normalized spacial score (nSPS) is 15.8. The number of hydrogen-bond donors (Lipinski definition) is 0. The molecule has 13 heavy (non-hydrogen) atoms. The molecule has 0 bridgehead atoms. The number of rotatable bonds is 5. The molecule has 2 heteroatoms. The van der Waals surface area contributed by atoms with Crippen LogP contribution in [0.1, 0.15) is 13.8 Å². The van der Waals surface area contributed by atoms with Crippen LogP contribution >= 0.6 is 0 Å². The maximum absolute atomic E-state index is 8.20. The number of aliphatic imine (C=N–C) groups is 1. The van der Waals surface area contributed by atoms with Crippen LogP contribution in [0.25, 0.3) is 0 Å². The highest BCUT2D eigenvalue weighted by Crippen LogP contribution is 2.12. The van der Waals surface area contributed by atoms with Crippen molar-refractivity contribution in [1.82, 2.24) is 0 Å². The monoisotopic (exact) mass is 176 g/mol. The Kier molecular flexibility index (Phi) is 6.53. The average molecular weight is 176 g/mol. The van der Waals surface area contributed by atoms with E-state index in [9.17, 15) is 0 Å². The molecule has 0 saturated carbocycles. The van der Waals surface area contributed by atoms with Gasteiger partial charge in [-0.15, -0.1) is 6.58 Å². The number of allylic oxidation sites excluding steroid dienone is 3. The number of nitriles is 1. The average Bonchev–Trinajstić information content (AvgIpc) is 2.16. The molecule has 0 saturated heterocycles. The Labute approximate surface area is 80.3 Å². The van der Waals surface area contributed by atoms with E-state index in [0.717, 1.165) is 0 Å². The minimum Gasteiger partial charge on any atom is -0.278 e. The highest BCUT2D eigenvalue weighted by atomic mass is 14.7. The topological polar surface area (TPSA) is 36.1 Å². The molecule has 0 aromatic rings. The van der Waals surface area contributed by atoms with Crippen molar-refractivity contribution in [2.45, 2.75) is 13.8 Å². The van der Waals surface area contributed by atoms with Crippen molar-refractivity contribution in [3.8, 4) is 6.07 Å². The Bertz CT molecular complexity index is 233. The zero-order valence-electron chi connectivity index (χ0n) is 8.27. The lowest BCUT2D eigenvalue weighted by Gasteiger charge is -2.09. The fourth-order valence-corrected chi connectivity index (χ4v) is 0.769. The van der Waals surface area contributed by atoms with Crippen molar-refractivity contribution in [1.29, 1.82) is 5.26 Å². The lowest BCUT2D eigenvalue weighted by Crippen LogP contribution is -2.00. The third kappa shape index (κ3) is 5.86. The molecule has 2 unspecified atom stereocenters. The van der Waals surface area contributed by atoms with Crippen LogP contribution in [-0.4, -0.2) is 12.8 Å². The van der Waals surface area contributed by atoms with Gasteiger partial charge in [-0.25, -0.2) is 0 Å². The Morgan fingerprint density at radius 3 is 2.69 bits per heavy atom. The molecule has 70 valence electrons. The first-order chi connectivity index (χ1) is 6.22. The second-order valence-corrected chi connectivity index (χ2v) is 2.99. The van der Waals surface area contributed by atoms with Crippen molar-refractivity contribution in [2.24, 2.45) is 16.8 Å². The van der Waals surface area contributed by atoms with Gasteiger partial charge in [0.1, 0.15) is 6.54 Å². The van der Waals surface area contributed by atoms with E-state index in [0.29, 0.717) is 11.8 Å². The number of nitrogens with zero attached hydrogens (tertiary/aromatic N) is 2. The molecule has 0 N–H and O–H groups in total. The van der Waals surface area contributed by atoms with Gasteiger partial charge < -0.3 is 0 Å². The van der Waals surface area contributed by atoms with E-state index in [4.69, 9.17) is 5.26 Å². The van der Waals surface area contributed by atoms with E-state index in [1.807, 2.05) is 18.2 Å². The molecule has 0 amide bonds. The van der Waals surface area contributed by atoms with Gasteiger partial charge in [0, 0.05) is 6.21 Å². The third-order valence-corrected chi connectivity index (χ3v) is 1.97. The molecule has 0 fully saturated rings. The molecule has 0 spiro atoms. The van der Waals surface area contributed by atoms with Gasteiger partial charge >= 0.3 is 0 Å². The molecule has 0 aliphatic rings. The van der Waals surface area contributed by atoms with Crippen molar-refractivity contribution < 1.29 is 0 Å². The van der Waals surface area contributed by atoms with Crippen LogP contribution in [0.3, 0.4) is 0 Å². The van der Waals surface area contributed by atoms with Crippen LogP contribution in [0.2, 0.25) is 0 Å². The summed E-state index contributed by atoms with van der Waals surface area (Å²) in [7, 11) is 0. The van der Waals surface area contributed by atoms with Crippen LogP contribution in [0.4, 0.5) is 0 Å². The predicted molar refractivity (Wildman–Crippen MR) is 56.6 cm³/mol. The molecular formula is C11H16N2. The molecule has 2 nitrogen and oxygen atoms in total. The largest absolute Gasteiger partial charge is 0.278 e. The third-order valence-electron chi connectivity index (χ3n) is 1.97. The molecule has 0 heterocycles. The Morgan fingerprint density at radius 1 is 1.46 bits per heavy atom. The maximum atomic E-state index is 8.20. The highest BCUT2D eigenvalue weighted by Gasteiger charge is 2.02. The lowest BCUT2D eigenvalue weighted by atomic mass is 9.96. The van der Waals surface area contributed by atoms with Crippen molar-refractivity contribution in [3.05, 3.63) is 24.8 Å². The SMILES string of the molecule is C=CC(C)C(C)C=CC=NCC#N. The van der Waals surface area contributed by atoms with E-state index in [-0.39, 0.29) is 6.54 Å². The summed E-state index contributed by atoms with van der Waals surface area (Å²) in [6, 6.07) is 1.94. The Morgan fingerprint density at radius 2 is 2.15 bits per heavy atom. The lowest BCUT2D eigenvalue weighted by molar-refractivity contribution is 0.560. The summed E-state index contributed by atoms with van der Waals surface area (Å²) in [6.45, 7) is 8.21. The van der Waals surface area contributed by atoms with Gasteiger partial charge in [-0.3, -0.25) is 4.99 Å². The fraction of sp³-hybridized carbons (Fsp3) is 0.455. The van der Waals surface area contributed by atoms with Gasteiger partial charge in [0.15, 0.2) is 0 Å². The maximum Gasteiger partial charge on any atom is 0.126 e. The van der Waals surface area contributed by atoms with Gasteiger partial charge in [-0.05, 0) is 17.9 Å². The summed E-state index contributed by atoms with van der Waals surface area (Å²) >= 11 is 0. The zero-order chi connectivity index (χ0) is 10.1. The standard InChI is InChI=1S/C11H16N2/c1-4-10(2)11(3)6-5-8-13-9-7-12/h4-6,8,10-11H,1,9H2,2-3H3. The van der Waals surface area contributed by atoms with Crippen LogP contribution in [0.15, 0.2) is 29.8 Å². The van der Waals surface area contributed by atoms with E-state index >= 15 is 0 Å². The molecule has 0 radical (unpaired) electrons. The minimum absolute atomic E-state index is 0.232. The summed E-state index contributed by atoms with van der Waals surface area (Å²) in [5, 5.41) is 8.20. The second kappa shape index (κ2) is 7.30. The smallest absolute Gasteiger partial charge is 0.126 e. The molecule has 0 aliphatic heterocycles. The predicted octanol–water partition coefficient (Wildman–Crippen LogP) is 2.60. The van der Waals surface area contributed by atoms with Crippen LogP contribution in [-0.2, 0) is 0 Å². The molecular weight excluding hydrogens is 160 g/mol. The van der Waals surface area contributed by atoms with Crippen LogP contribution in [0.5, 0.6) is 0 Å². The summed E-state index contributed by atoms with van der Waals surface area (Å²) in [5.41, 5.74) is 0. The van der Waals surface area contributed by atoms with E-state index in [1.54, 1.807) is 6.21 Å². The molecule has 0 aliphatic carbocycles. The van der Waals surface area contributed by atoms with Gasteiger partial charge in [-0.2, -0.15) is 5.26 Å². The Balaban J connectivity index is 3.84. The van der Waals surface area contributed by atoms with Gasteiger partial charge in [0.05, 0.1) is 6.07 Å². The second-order valence-electron chi connectivity index (χ2n) is 2.99. The summed E-state index contributed by atoms with van der Waals surface area (Å²) < 4.78 is 0. The quantitative estimate of drug-likeness (QED) is 0.360. The van der Waals surface area contributed by atoms with Crippen molar-refractivity contribution >= 4 is 6.21 Å². The van der Waals surface area contributed by atoms with Crippen molar-refractivity contribution in [2.75, 3.05) is 6.54 Å².